The van der Waals surface area contributed by atoms with Crippen molar-refractivity contribution < 1.29 is 14.3 Å². The number of carbonyl (C=O) groups is 2. The number of benzene rings is 3. The Hall–Kier alpha value is -4.13. The van der Waals surface area contributed by atoms with Crippen LogP contribution < -0.4 is 15.0 Å². The lowest BCUT2D eigenvalue weighted by Crippen LogP contribution is -2.31. The zero-order valence-corrected chi connectivity index (χ0v) is 17.6. The van der Waals surface area contributed by atoms with Gasteiger partial charge in [-0.1, -0.05) is 42.5 Å². The maximum Gasteiger partial charge on any atom is 0.253 e. The maximum atomic E-state index is 13.4. The van der Waals surface area contributed by atoms with Gasteiger partial charge in [-0.25, -0.2) is 4.98 Å². The molecule has 32 heavy (non-hydrogen) atoms. The lowest BCUT2D eigenvalue weighted by Gasteiger charge is -2.16. The number of fused-ring (bicyclic) bond motifs is 3. The van der Waals surface area contributed by atoms with E-state index in [4.69, 9.17) is 9.72 Å². The number of methoxy groups -OCH3 is 1. The van der Waals surface area contributed by atoms with E-state index in [2.05, 4.69) is 5.32 Å². The van der Waals surface area contributed by atoms with Crippen LogP contribution in [-0.2, 0) is 16.1 Å². The summed E-state index contributed by atoms with van der Waals surface area (Å²) in [5, 5.41) is 2.88. The number of nitrogens with zero attached hydrogens (tertiary/aromatic N) is 3. The van der Waals surface area contributed by atoms with Crippen LogP contribution in [0.3, 0.4) is 0 Å². The summed E-state index contributed by atoms with van der Waals surface area (Å²) in [7, 11) is 1.62. The highest BCUT2D eigenvalue weighted by Crippen LogP contribution is 2.37. The number of ether oxygens (including phenoxy) is 1. The first-order chi connectivity index (χ1) is 15.6. The highest BCUT2D eigenvalue weighted by atomic mass is 16.5. The molecule has 0 saturated heterocycles. The number of anilines is 2. The number of para-hydroxylation sites is 3. The fraction of sp³-hybridized carbons (Fsp3) is 0.160. The molecule has 7 nitrogen and oxygen atoms in total. The third kappa shape index (κ3) is 3.58. The Bertz CT molecular complexity index is 1280. The molecule has 1 N–H and O–H groups in total. The predicted molar refractivity (Wildman–Crippen MR) is 123 cm³/mol. The van der Waals surface area contributed by atoms with Crippen LogP contribution in [0.4, 0.5) is 11.6 Å². The largest absolute Gasteiger partial charge is 0.497 e. The minimum absolute atomic E-state index is 0.0280. The van der Waals surface area contributed by atoms with Gasteiger partial charge in [0.05, 0.1) is 31.1 Å². The molecule has 0 saturated carbocycles. The molecule has 5 rings (SSSR count). The van der Waals surface area contributed by atoms with E-state index in [0.717, 1.165) is 22.3 Å². The molecule has 4 aromatic rings. The topological polar surface area (TPSA) is 76.5 Å². The molecular formula is C25H22N4O3. The number of rotatable bonds is 6. The summed E-state index contributed by atoms with van der Waals surface area (Å²) in [6.07, 6.45) is 0.0280. The van der Waals surface area contributed by atoms with Crippen molar-refractivity contribution in [1.82, 2.24) is 9.55 Å². The van der Waals surface area contributed by atoms with Gasteiger partial charge >= 0.3 is 0 Å². The monoisotopic (exact) mass is 426 g/mol. The SMILES string of the molecule is COc1ccc(CN2C(=O)C(CC(=O)Nc3ccccc3)n3c2nc2ccccc23)cc1. The number of amides is 2. The molecule has 1 aliphatic heterocycles. The Kier molecular flexibility index (Phi) is 5.07. The van der Waals surface area contributed by atoms with Crippen LogP contribution in [0.25, 0.3) is 11.0 Å². The van der Waals surface area contributed by atoms with Gasteiger partial charge in [-0.05, 0) is 42.0 Å². The third-order valence-electron chi connectivity index (χ3n) is 5.62. The average Bonchev–Trinajstić information content (AvgIpc) is 3.31. The minimum Gasteiger partial charge on any atom is -0.497 e. The van der Waals surface area contributed by atoms with Gasteiger partial charge in [0.2, 0.25) is 11.9 Å². The van der Waals surface area contributed by atoms with Crippen molar-refractivity contribution in [3.05, 3.63) is 84.4 Å². The quantitative estimate of drug-likeness (QED) is 0.502. The molecule has 1 atom stereocenters. The average molecular weight is 426 g/mol. The Labute approximate surface area is 185 Å². The molecule has 2 heterocycles. The van der Waals surface area contributed by atoms with Crippen molar-refractivity contribution in [2.75, 3.05) is 17.3 Å². The number of imidazole rings is 1. The maximum absolute atomic E-state index is 13.4. The Balaban J connectivity index is 1.46. The highest BCUT2D eigenvalue weighted by molar-refractivity contribution is 6.05. The lowest BCUT2D eigenvalue weighted by molar-refractivity contribution is -0.124. The molecule has 0 spiro atoms. The molecule has 7 heteroatoms. The number of hydrogen-bond donors (Lipinski definition) is 1. The van der Waals surface area contributed by atoms with Gasteiger partial charge in [0.15, 0.2) is 0 Å². The summed E-state index contributed by atoms with van der Waals surface area (Å²) in [4.78, 5) is 32.6. The van der Waals surface area contributed by atoms with Gasteiger partial charge in [0.1, 0.15) is 11.8 Å². The van der Waals surface area contributed by atoms with Gasteiger partial charge in [-0.2, -0.15) is 0 Å². The van der Waals surface area contributed by atoms with E-state index in [9.17, 15) is 9.59 Å². The smallest absolute Gasteiger partial charge is 0.253 e. The van der Waals surface area contributed by atoms with Crippen LogP contribution in [0.1, 0.15) is 18.0 Å². The first kappa shape index (κ1) is 19.8. The van der Waals surface area contributed by atoms with E-state index in [1.54, 1.807) is 12.0 Å². The predicted octanol–water partition coefficient (Wildman–Crippen LogP) is 4.16. The van der Waals surface area contributed by atoms with Crippen LogP contribution >= 0.6 is 0 Å². The summed E-state index contributed by atoms with van der Waals surface area (Å²) < 4.78 is 7.11. The van der Waals surface area contributed by atoms with Gasteiger partial charge < -0.3 is 10.1 Å². The second-order valence-corrected chi connectivity index (χ2v) is 7.68. The molecule has 1 aromatic heterocycles. The van der Waals surface area contributed by atoms with Gasteiger partial charge in [0, 0.05) is 5.69 Å². The molecule has 3 aromatic carbocycles. The minimum atomic E-state index is -0.653. The Morgan fingerprint density at radius 2 is 1.72 bits per heavy atom. The van der Waals surface area contributed by atoms with E-state index >= 15 is 0 Å². The van der Waals surface area contributed by atoms with E-state index < -0.39 is 6.04 Å². The van der Waals surface area contributed by atoms with Gasteiger partial charge in [-0.15, -0.1) is 0 Å². The number of carbonyl (C=O) groups excluding carboxylic acids is 2. The summed E-state index contributed by atoms with van der Waals surface area (Å²) in [6.45, 7) is 0.364. The number of nitrogens with one attached hydrogen (secondary N) is 1. The van der Waals surface area contributed by atoms with Crippen molar-refractivity contribution in [2.45, 2.75) is 19.0 Å². The van der Waals surface area contributed by atoms with Crippen LogP contribution in [0, 0.1) is 0 Å². The summed E-state index contributed by atoms with van der Waals surface area (Å²) in [5.41, 5.74) is 3.29. The second-order valence-electron chi connectivity index (χ2n) is 7.68. The fourth-order valence-electron chi connectivity index (χ4n) is 4.07. The number of hydrogen-bond acceptors (Lipinski definition) is 4. The van der Waals surface area contributed by atoms with Gasteiger partial charge in [0.25, 0.3) is 5.91 Å². The first-order valence-corrected chi connectivity index (χ1v) is 10.4. The van der Waals surface area contributed by atoms with E-state index in [1.807, 2.05) is 83.4 Å². The van der Waals surface area contributed by atoms with Crippen molar-refractivity contribution in [2.24, 2.45) is 0 Å². The molecule has 0 aliphatic carbocycles. The molecule has 0 radical (unpaired) electrons. The van der Waals surface area contributed by atoms with Crippen LogP contribution in [0.2, 0.25) is 0 Å². The van der Waals surface area contributed by atoms with Crippen LogP contribution in [0.15, 0.2) is 78.9 Å². The number of aromatic nitrogens is 2. The molecular weight excluding hydrogens is 404 g/mol. The van der Waals surface area contributed by atoms with Crippen molar-refractivity contribution in [3.8, 4) is 5.75 Å². The van der Waals surface area contributed by atoms with Crippen LogP contribution in [-0.4, -0.2) is 28.5 Å². The molecule has 0 fully saturated rings. The van der Waals surface area contributed by atoms with Crippen molar-refractivity contribution in [3.63, 3.8) is 0 Å². The van der Waals surface area contributed by atoms with Crippen LogP contribution in [0.5, 0.6) is 5.75 Å². The summed E-state index contributed by atoms with van der Waals surface area (Å²) in [5.74, 6) is 0.954. The standard InChI is InChI=1S/C25H22N4O3/c1-32-19-13-11-17(12-14-19)16-28-24(31)22(15-23(30)26-18-7-3-2-4-8-18)29-21-10-6-5-9-20(21)27-25(28)29/h2-14,22H,15-16H2,1H3,(H,26,30). The van der Waals surface area contributed by atoms with Crippen molar-refractivity contribution >= 4 is 34.5 Å². The molecule has 2 amide bonds. The fourth-order valence-corrected chi connectivity index (χ4v) is 4.07. The Morgan fingerprint density at radius 3 is 2.47 bits per heavy atom. The highest BCUT2D eigenvalue weighted by Gasteiger charge is 2.40. The molecule has 1 unspecified atom stereocenters. The molecule has 0 bridgehead atoms. The molecule has 160 valence electrons. The zero-order valence-electron chi connectivity index (χ0n) is 17.6. The summed E-state index contributed by atoms with van der Waals surface area (Å²) in [6, 6.07) is 23.8. The first-order valence-electron chi connectivity index (χ1n) is 10.4. The van der Waals surface area contributed by atoms with Crippen molar-refractivity contribution in [1.29, 1.82) is 0 Å². The summed E-state index contributed by atoms with van der Waals surface area (Å²) >= 11 is 0. The van der Waals surface area contributed by atoms with E-state index in [0.29, 0.717) is 18.2 Å². The van der Waals surface area contributed by atoms with E-state index in [1.165, 1.54) is 0 Å². The Morgan fingerprint density at radius 1 is 1.00 bits per heavy atom. The zero-order chi connectivity index (χ0) is 22.1. The van der Waals surface area contributed by atoms with Gasteiger partial charge in [-0.3, -0.25) is 19.1 Å². The lowest BCUT2D eigenvalue weighted by atomic mass is 10.1. The molecule has 1 aliphatic rings. The second kappa shape index (κ2) is 8.19. The van der Waals surface area contributed by atoms with E-state index in [-0.39, 0.29) is 18.2 Å². The third-order valence-corrected chi connectivity index (χ3v) is 5.62. The normalized spacial score (nSPS) is 15.1.